The number of amides is 1. The number of para-hydroxylation sites is 1. The normalized spacial score (nSPS) is 17.5. The number of hydroxylamine groups is 1. The zero-order chi connectivity index (χ0) is 22.7. The highest BCUT2D eigenvalue weighted by atomic mass is 19.3. The molecule has 2 heterocycles. The summed E-state index contributed by atoms with van der Waals surface area (Å²) in [5, 5.41) is 8.66. The molecule has 3 aromatic rings. The van der Waals surface area contributed by atoms with Crippen LogP contribution in [0.3, 0.4) is 0 Å². The van der Waals surface area contributed by atoms with Gasteiger partial charge in [0.05, 0.1) is 12.1 Å². The summed E-state index contributed by atoms with van der Waals surface area (Å²) >= 11 is 0. The van der Waals surface area contributed by atoms with Crippen molar-refractivity contribution in [2.75, 3.05) is 19.6 Å². The SMILES string of the molecule is O=C(/C=C/c1cccc(-c2nc3c(F)cccc3n2C2CCCN(CC(F)F)C2)c1)NO. The average molecular weight is 444 g/mol. The third kappa shape index (κ3) is 4.68. The van der Waals surface area contributed by atoms with E-state index in [0.717, 1.165) is 12.8 Å². The Morgan fingerprint density at radius 2 is 2.09 bits per heavy atom. The summed E-state index contributed by atoms with van der Waals surface area (Å²) in [4.78, 5) is 17.6. The van der Waals surface area contributed by atoms with Gasteiger partial charge in [0.2, 0.25) is 0 Å². The van der Waals surface area contributed by atoms with Crippen LogP contribution in [0.15, 0.2) is 48.5 Å². The zero-order valence-electron chi connectivity index (χ0n) is 17.2. The molecule has 1 aromatic heterocycles. The van der Waals surface area contributed by atoms with E-state index in [9.17, 15) is 18.0 Å². The Morgan fingerprint density at radius 3 is 2.88 bits per heavy atom. The van der Waals surface area contributed by atoms with E-state index in [2.05, 4.69) is 4.98 Å². The molecule has 1 aliphatic rings. The second-order valence-corrected chi connectivity index (χ2v) is 7.79. The Morgan fingerprint density at radius 1 is 1.28 bits per heavy atom. The van der Waals surface area contributed by atoms with Crippen LogP contribution < -0.4 is 5.48 Å². The number of imidazole rings is 1. The molecule has 168 valence electrons. The maximum absolute atomic E-state index is 14.6. The van der Waals surface area contributed by atoms with Gasteiger partial charge >= 0.3 is 0 Å². The molecule has 0 bridgehead atoms. The number of nitrogens with one attached hydrogen (secondary N) is 1. The van der Waals surface area contributed by atoms with E-state index >= 15 is 0 Å². The lowest BCUT2D eigenvalue weighted by molar-refractivity contribution is -0.124. The number of fused-ring (bicyclic) bond motifs is 1. The molecule has 9 heteroatoms. The number of alkyl halides is 2. The van der Waals surface area contributed by atoms with Crippen molar-refractivity contribution in [3.63, 3.8) is 0 Å². The molecule has 0 radical (unpaired) electrons. The van der Waals surface area contributed by atoms with Crippen LogP contribution in [0.1, 0.15) is 24.4 Å². The van der Waals surface area contributed by atoms with Gasteiger partial charge in [0, 0.05) is 24.2 Å². The number of rotatable bonds is 6. The monoisotopic (exact) mass is 444 g/mol. The second-order valence-electron chi connectivity index (χ2n) is 7.79. The number of carbonyl (C=O) groups is 1. The molecule has 2 aromatic carbocycles. The molecule has 0 aliphatic carbocycles. The van der Waals surface area contributed by atoms with E-state index in [1.165, 1.54) is 23.7 Å². The van der Waals surface area contributed by atoms with Crippen molar-refractivity contribution in [3.05, 3.63) is 59.9 Å². The molecule has 4 rings (SSSR count). The van der Waals surface area contributed by atoms with Crippen LogP contribution in [-0.4, -0.2) is 51.6 Å². The van der Waals surface area contributed by atoms with Crippen molar-refractivity contribution in [2.45, 2.75) is 25.3 Å². The van der Waals surface area contributed by atoms with Crippen molar-refractivity contribution in [2.24, 2.45) is 0 Å². The molecule has 2 N–H and O–H groups in total. The highest BCUT2D eigenvalue weighted by Gasteiger charge is 2.27. The molecule has 6 nitrogen and oxygen atoms in total. The summed E-state index contributed by atoms with van der Waals surface area (Å²) < 4.78 is 42.5. The Labute approximate surface area is 182 Å². The Kier molecular flexibility index (Phi) is 6.57. The molecule has 32 heavy (non-hydrogen) atoms. The minimum absolute atomic E-state index is 0.135. The topological polar surface area (TPSA) is 70.4 Å². The van der Waals surface area contributed by atoms with Gasteiger partial charge in [-0.05, 0) is 49.2 Å². The number of likely N-dealkylation sites (tertiary alicyclic amines) is 1. The number of carbonyl (C=O) groups excluding carboxylic acids is 1. The number of hydrogen-bond acceptors (Lipinski definition) is 4. The van der Waals surface area contributed by atoms with Gasteiger partial charge < -0.3 is 4.57 Å². The summed E-state index contributed by atoms with van der Waals surface area (Å²) in [6, 6.07) is 11.8. The van der Waals surface area contributed by atoms with Crippen molar-refractivity contribution >= 4 is 23.0 Å². The smallest absolute Gasteiger partial charge is 0.267 e. The first kappa shape index (κ1) is 22.0. The summed E-state index contributed by atoms with van der Waals surface area (Å²) in [5.74, 6) is -0.569. The van der Waals surface area contributed by atoms with Gasteiger partial charge in [0.1, 0.15) is 11.3 Å². The molecular formula is C23H23F3N4O2. The summed E-state index contributed by atoms with van der Waals surface area (Å²) in [5.41, 5.74) is 3.77. The number of halogens is 3. The number of hydrogen-bond donors (Lipinski definition) is 2. The molecule has 1 unspecified atom stereocenters. The Hall–Kier alpha value is -3.17. The van der Waals surface area contributed by atoms with E-state index in [1.807, 2.05) is 10.6 Å². The standard InChI is InChI=1S/C23H23F3N4O2/c24-18-7-2-8-19-22(18)27-23(16-5-1-4-15(12-16)9-10-21(31)28-32)30(19)17-6-3-11-29(13-17)14-20(25)26/h1-2,4-5,7-10,12,17,20,32H,3,6,11,13-14H2,(H,28,31)/b10-9+. The van der Waals surface area contributed by atoms with Crippen LogP contribution in [0.5, 0.6) is 0 Å². The fourth-order valence-electron chi connectivity index (χ4n) is 4.25. The van der Waals surface area contributed by atoms with Crippen molar-refractivity contribution < 1.29 is 23.2 Å². The van der Waals surface area contributed by atoms with Crippen molar-refractivity contribution in [1.29, 1.82) is 0 Å². The first-order valence-corrected chi connectivity index (χ1v) is 10.4. The number of aromatic nitrogens is 2. The van der Waals surface area contributed by atoms with Gasteiger partial charge in [-0.15, -0.1) is 0 Å². The molecule has 0 spiro atoms. The predicted molar refractivity (Wildman–Crippen MR) is 115 cm³/mol. The fraction of sp³-hybridized carbons (Fsp3) is 0.304. The third-order valence-electron chi connectivity index (χ3n) is 5.60. The van der Waals surface area contributed by atoms with Crippen LogP contribution in [0.25, 0.3) is 28.5 Å². The van der Waals surface area contributed by atoms with Crippen molar-refractivity contribution in [3.8, 4) is 11.4 Å². The Balaban J connectivity index is 1.78. The molecule has 0 saturated carbocycles. The van der Waals surface area contributed by atoms with E-state index in [4.69, 9.17) is 5.21 Å². The molecule has 1 fully saturated rings. The van der Waals surface area contributed by atoms with Gasteiger partial charge in [-0.1, -0.05) is 24.3 Å². The Bertz CT molecular complexity index is 1150. The van der Waals surface area contributed by atoms with Crippen LogP contribution in [0.2, 0.25) is 0 Å². The number of nitrogens with zero attached hydrogens (tertiary/aromatic N) is 3. The van der Waals surface area contributed by atoms with Crippen LogP contribution in [0, 0.1) is 5.82 Å². The van der Waals surface area contributed by atoms with Gasteiger partial charge in [-0.3, -0.25) is 14.9 Å². The third-order valence-corrected chi connectivity index (χ3v) is 5.60. The lowest BCUT2D eigenvalue weighted by Crippen LogP contribution is -2.39. The summed E-state index contributed by atoms with van der Waals surface area (Å²) in [6.45, 7) is 0.736. The maximum Gasteiger partial charge on any atom is 0.267 e. The summed E-state index contributed by atoms with van der Waals surface area (Å²) in [6.07, 6.45) is 1.83. The predicted octanol–water partition coefficient (Wildman–Crippen LogP) is 4.26. The summed E-state index contributed by atoms with van der Waals surface area (Å²) in [7, 11) is 0. The largest absolute Gasteiger partial charge is 0.319 e. The molecule has 1 atom stereocenters. The van der Waals surface area contributed by atoms with Gasteiger partial charge in [-0.2, -0.15) is 0 Å². The first-order chi connectivity index (χ1) is 15.5. The van der Waals surface area contributed by atoms with E-state index in [-0.39, 0.29) is 18.1 Å². The average Bonchev–Trinajstić information content (AvgIpc) is 3.18. The molecule has 1 saturated heterocycles. The lowest BCUT2D eigenvalue weighted by Gasteiger charge is -2.34. The zero-order valence-corrected chi connectivity index (χ0v) is 17.2. The van der Waals surface area contributed by atoms with E-state index in [1.54, 1.807) is 35.2 Å². The molecule has 1 aliphatic heterocycles. The van der Waals surface area contributed by atoms with E-state index < -0.39 is 18.1 Å². The van der Waals surface area contributed by atoms with Crippen molar-refractivity contribution in [1.82, 2.24) is 19.9 Å². The number of piperidine rings is 1. The van der Waals surface area contributed by atoms with Crippen LogP contribution in [-0.2, 0) is 4.79 Å². The number of benzene rings is 2. The van der Waals surface area contributed by atoms with Crippen LogP contribution in [0.4, 0.5) is 13.2 Å². The highest BCUT2D eigenvalue weighted by molar-refractivity contribution is 5.91. The molecular weight excluding hydrogens is 421 g/mol. The minimum atomic E-state index is -2.41. The lowest BCUT2D eigenvalue weighted by atomic mass is 10.0. The molecule has 1 amide bonds. The second kappa shape index (κ2) is 9.54. The maximum atomic E-state index is 14.6. The van der Waals surface area contributed by atoms with Gasteiger partial charge in [0.25, 0.3) is 12.3 Å². The van der Waals surface area contributed by atoms with Crippen LogP contribution >= 0.6 is 0 Å². The van der Waals surface area contributed by atoms with Gasteiger partial charge in [-0.25, -0.2) is 23.6 Å². The van der Waals surface area contributed by atoms with Gasteiger partial charge in [0.15, 0.2) is 5.82 Å². The minimum Gasteiger partial charge on any atom is -0.319 e. The first-order valence-electron chi connectivity index (χ1n) is 10.4. The highest BCUT2D eigenvalue weighted by Crippen LogP contribution is 2.34. The quantitative estimate of drug-likeness (QED) is 0.339. The van der Waals surface area contributed by atoms with E-state index in [0.29, 0.717) is 35.6 Å². The fourth-order valence-corrected chi connectivity index (χ4v) is 4.25.